The number of hydrogen-bond acceptors (Lipinski definition) is 3. The molecule has 0 atom stereocenters. The number of nitrogens with one attached hydrogen (secondary N) is 1. The zero-order chi connectivity index (χ0) is 14.2. The van der Waals surface area contributed by atoms with Gasteiger partial charge >= 0.3 is 0 Å². The number of aromatic nitrogens is 2. The van der Waals surface area contributed by atoms with Crippen molar-refractivity contribution in [1.82, 2.24) is 9.78 Å². The highest BCUT2D eigenvalue weighted by molar-refractivity contribution is 6.05. The zero-order valence-electron chi connectivity index (χ0n) is 11.5. The number of aromatic hydroxyl groups is 1. The summed E-state index contributed by atoms with van der Waals surface area (Å²) in [5, 5.41) is 16.5. The second-order valence-corrected chi connectivity index (χ2v) is 4.68. The number of hydrogen-bond donors (Lipinski definition) is 2. The van der Waals surface area contributed by atoms with Crippen molar-refractivity contribution in [2.75, 3.05) is 5.32 Å². The Labute approximate surface area is 111 Å². The largest absolute Gasteiger partial charge is 0.508 e. The lowest BCUT2D eigenvalue weighted by atomic mass is 10.1. The molecule has 0 radical (unpaired) electrons. The smallest absolute Gasteiger partial charge is 0.259 e. The number of phenolic OH excluding ortho intramolecular Hbond substituents is 1. The van der Waals surface area contributed by atoms with Gasteiger partial charge in [-0.3, -0.25) is 9.48 Å². The molecule has 2 rings (SSSR count). The number of carbonyl (C=O) groups excluding carboxylic acids is 1. The SMILES string of the molecule is Cc1cc(NC(=O)c2cnn(C)c2C)c(C)cc1O. The molecule has 0 aliphatic carbocycles. The monoisotopic (exact) mass is 259 g/mol. The van der Waals surface area contributed by atoms with E-state index in [9.17, 15) is 9.90 Å². The highest BCUT2D eigenvalue weighted by atomic mass is 16.3. The minimum Gasteiger partial charge on any atom is -0.508 e. The third kappa shape index (κ3) is 2.45. The molecule has 0 aliphatic rings. The maximum absolute atomic E-state index is 12.2. The van der Waals surface area contributed by atoms with Gasteiger partial charge in [0.15, 0.2) is 0 Å². The Morgan fingerprint density at radius 1 is 1.26 bits per heavy atom. The zero-order valence-corrected chi connectivity index (χ0v) is 11.5. The van der Waals surface area contributed by atoms with Gasteiger partial charge in [0, 0.05) is 18.4 Å². The van der Waals surface area contributed by atoms with Gasteiger partial charge in [-0.25, -0.2) is 0 Å². The molecule has 100 valence electrons. The maximum Gasteiger partial charge on any atom is 0.259 e. The first-order valence-corrected chi connectivity index (χ1v) is 6.00. The number of aryl methyl sites for hydroxylation is 3. The van der Waals surface area contributed by atoms with Crippen molar-refractivity contribution >= 4 is 11.6 Å². The van der Waals surface area contributed by atoms with Gasteiger partial charge in [0.05, 0.1) is 11.8 Å². The second kappa shape index (κ2) is 4.76. The summed E-state index contributed by atoms with van der Waals surface area (Å²) < 4.78 is 1.66. The Morgan fingerprint density at radius 2 is 1.95 bits per heavy atom. The summed E-state index contributed by atoms with van der Waals surface area (Å²) in [5.41, 5.74) is 3.60. The van der Waals surface area contributed by atoms with Crippen LogP contribution >= 0.6 is 0 Å². The van der Waals surface area contributed by atoms with Crippen LogP contribution in [0.4, 0.5) is 5.69 Å². The average molecular weight is 259 g/mol. The van der Waals surface area contributed by atoms with E-state index in [1.165, 1.54) is 0 Å². The first-order valence-electron chi connectivity index (χ1n) is 6.00. The van der Waals surface area contributed by atoms with Crippen molar-refractivity contribution in [2.24, 2.45) is 7.05 Å². The number of amides is 1. The van der Waals surface area contributed by atoms with Crippen LogP contribution in [0.2, 0.25) is 0 Å². The van der Waals surface area contributed by atoms with Gasteiger partial charge in [-0.1, -0.05) is 0 Å². The Kier molecular flexibility index (Phi) is 3.29. The van der Waals surface area contributed by atoms with Crippen LogP contribution in [0.1, 0.15) is 27.2 Å². The molecule has 0 fully saturated rings. The van der Waals surface area contributed by atoms with Gasteiger partial charge in [0.2, 0.25) is 0 Å². The molecule has 1 amide bonds. The van der Waals surface area contributed by atoms with Crippen molar-refractivity contribution in [3.63, 3.8) is 0 Å². The number of benzene rings is 1. The number of carbonyl (C=O) groups is 1. The molecule has 0 aliphatic heterocycles. The number of phenols is 1. The Balaban J connectivity index is 2.29. The van der Waals surface area contributed by atoms with E-state index in [1.54, 1.807) is 37.0 Å². The number of nitrogens with zero attached hydrogens (tertiary/aromatic N) is 2. The summed E-state index contributed by atoms with van der Waals surface area (Å²) >= 11 is 0. The first-order chi connectivity index (χ1) is 8.90. The molecule has 2 aromatic rings. The second-order valence-electron chi connectivity index (χ2n) is 4.68. The van der Waals surface area contributed by atoms with Crippen LogP contribution in [0.5, 0.6) is 5.75 Å². The minimum atomic E-state index is -0.196. The predicted octanol–water partition coefficient (Wildman–Crippen LogP) is 2.30. The van der Waals surface area contributed by atoms with Gasteiger partial charge in [-0.05, 0) is 44.0 Å². The molecule has 0 spiro atoms. The summed E-state index contributed by atoms with van der Waals surface area (Å²) in [6.07, 6.45) is 1.55. The van der Waals surface area contributed by atoms with Crippen LogP contribution in [0.25, 0.3) is 0 Å². The first kappa shape index (κ1) is 13.1. The Bertz CT molecular complexity index is 644. The number of anilines is 1. The molecule has 1 aromatic carbocycles. The lowest BCUT2D eigenvalue weighted by Gasteiger charge is -2.10. The van der Waals surface area contributed by atoms with E-state index in [-0.39, 0.29) is 11.7 Å². The molecule has 0 bridgehead atoms. The molecule has 0 unspecified atom stereocenters. The topological polar surface area (TPSA) is 67.2 Å². The van der Waals surface area contributed by atoms with Crippen molar-refractivity contribution in [1.29, 1.82) is 0 Å². The third-order valence-corrected chi connectivity index (χ3v) is 3.27. The maximum atomic E-state index is 12.2. The van der Waals surface area contributed by atoms with Crippen molar-refractivity contribution in [3.8, 4) is 5.75 Å². The lowest BCUT2D eigenvalue weighted by molar-refractivity contribution is 0.102. The normalized spacial score (nSPS) is 10.5. The summed E-state index contributed by atoms with van der Waals surface area (Å²) in [6.45, 7) is 5.47. The fraction of sp³-hybridized carbons (Fsp3) is 0.286. The van der Waals surface area contributed by atoms with Gasteiger partial charge < -0.3 is 10.4 Å². The van der Waals surface area contributed by atoms with Gasteiger partial charge in [-0.15, -0.1) is 0 Å². The van der Waals surface area contributed by atoms with E-state index in [0.717, 1.165) is 16.8 Å². The average Bonchev–Trinajstić information content (AvgIpc) is 2.67. The fourth-order valence-electron chi connectivity index (χ4n) is 1.85. The standard InChI is InChI=1S/C14H17N3O2/c1-8-6-13(18)9(2)5-12(8)16-14(19)11-7-15-17(4)10(11)3/h5-7,18H,1-4H3,(H,16,19). The Morgan fingerprint density at radius 3 is 2.53 bits per heavy atom. The summed E-state index contributed by atoms with van der Waals surface area (Å²) in [5.74, 6) is 0.0341. The van der Waals surface area contributed by atoms with E-state index in [1.807, 2.05) is 13.8 Å². The third-order valence-electron chi connectivity index (χ3n) is 3.27. The molecule has 5 nitrogen and oxygen atoms in total. The highest BCUT2D eigenvalue weighted by Gasteiger charge is 2.14. The molecule has 1 aromatic heterocycles. The molecular weight excluding hydrogens is 242 g/mol. The van der Waals surface area contributed by atoms with Crippen molar-refractivity contribution < 1.29 is 9.90 Å². The van der Waals surface area contributed by atoms with Gasteiger partial charge in [0.1, 0.15) is 5.75 Å². The van der Waals surface area contributed by atoms with Gasteiger partial charge in [0.25, 0.3) is 5.91 Å². The van der Waals surface area contributed by atoms with E-state index in [2.05, 4.69) is 10.4 Å². The quantitative estimate of drug-likeness (QED) is 0.813. The minimum absolute atomic E-state index is 0.196. The molecule has 2 N–H and O–H groups in total. The lowest BCUT2D eigenvalue weighted by Crippen LogP contribution is -2.14. The molecule has 19 heavy (non-hydrogen) atoms. The molecule has 1 heterocycles. The Hall–Kier alpha value is -2.30. The van der Waals surface area contributed by atoms with E-state index < -0.39 is 0 Å². The molecule has 5 heteroatoms. The summed E-state index contributed by atoms with van der Waals surface area (Å²) in [7, 11) is 1.79. The van der Waals surface area contributed by atoms with Crippen LogP contribution < -0.4 is 5.32 Å². The molecule has 0 saturated heterocycles. The van der Waals surface area contributed by atoms with E-state index in [0.29, 0.717) is 11.3 Å². The van der Waals surface area contributed by atoms with Crippen LogP contribution in [0, 0.1) is 20.8 Å². The van der Waals surface area contributed by atoms with Crippen molar-refractivity contribution in [3.05, 3.63) is 40.7 Å². The van der Waals surface area contributed by atoms with Gasteiger partial charge in [-0.2, -0.15) is 5.10 Å². The number of rotatable bonds is 2. The van der Waals surface area contributed by atoms with Crippen LogP contribution in [-0.4, -0.2) is 20.8 Å². The summed E-state index contributed by atoms with van der Waals surface area (Å²) in [6, 6.07) is 3.40. The van der Waals surface area contributed by atoms with Crippen LogP contribution in [0.15, 0.2) is 18.3 Å². The highest BCUT2D eigenvalue weighted by Crippen LogP contribution is 2.25. The van der Waals surface area contributed by atoms with E-state index >= 15 is 0 Å². The molecule has 0 saturated carbocycles. The summed E-state index contributed by atoms with van der Waals surface area (Å²) in [4.78, 5) is 12.2. The van der Waals surface area contributed by atoms with Crippen LogP contribution in [-0.2, 0) is 7.05 Å². The van der Waals surface area contributed by atoms with Crippen LogP contribution in [0.3, 0.4) is 0 Å². The van der Waals surface area contributed by atoms with Crippen molar-refractivity contribution in [2.45, 2.75) is 20.8 Å². The van der Waals surface area contributed by atoms with E-state index in [4.69, 9.17) is 0 Å². The predicted molar refractivity (Wildman–Crippen MR) is 73.5 cm³/mol. The molecular formula is C14H17N3O2. The fourth-order valence-corrected chi connectivity index (χ4v) is 1.85.